The Morgan fingerprint density at radius 2 is 1.64 bits per heavy atom. The Hall–Kier alpha value is -2.62. The Morgan fingerprint density at radius 3 is 2.15 bits per heavy atom. The SMILES string of the molecule is C=C(Cl)/C(=C\C(=C/C)NC(=O)C1C(c2ccc(Cl)c(Cl)c2)C1(Cl)Cl)C(=O)Nc1cc(F)c(NC(C)=O)c(F)c1. The molecule has 1 fully saturated rings. The van der Waals surface area contributed by atoms with Crippen molar-refractivity contribution in [3.05, 3.63) is 92.6 Å². The van der Waals surface area contributed by atoms with Gasteiger partial charge in [-0.1, -0.05) is 53.5 Å². The van der Waals surface area contributed by atoms with E-state index < -0.39 is 51.2 Å². The van der Waals surface area contributed by atoms with E-state index in [-0.39, 0.29) is 27.0 Å². The summed E-state index contributed by atoms with van der Waals surface area (Å²) < 4.78 is 27.1. The molecule has 2 unspecified atom stereocenters. The van der Waals surface area contributed by atoms with Crippen LogP contribution < -0.4 is 16.0 Å². The van der Waals surface area contributed by atoms with Gasteiger partial charge in [0.05, 0.1) is 21.5 Å². The predicted molar refractivity (Wildman–Crippen MR) is 151 cm³/mol. The molecule has 2 aromatic rings. The van der Waals surface area contributed by atoms with E-state index in [9.17, 15) is 23.2 Å². The van der Waals surface area contributed by atoms with Crippen LogP contribution in [0.15, 0.2) is 65.4 Å². The molecular formula is C26H20Cl5F2N3O3. The number of benzene rings is 2. The van der Waals surface area contributed by atoms with Crippen LogP contribution in [0.4, 0.5) is 20.2 Å². The molecule has 13 heteroatoms. The van der Waals surface area contributed by atoms with Gasteiger partial charge in [-0.25, -0.2) is 8.78 Å². The lowest BCUT2D eigenvalue weighted by Gasteiger charge is -2.12. The maximum absolute atomic E-state index is 14.3. The number of rotatable bonds is 8. The molecule has 0 aromatic heterocycles. The lowest BCUT2D eigenvalue weighted by Crippen LogP contribution is -2.26. The summed E-state index contributed by atoms with van der Waals surface area (Å²) in [6, 6.07) is 6.44. The van der Waals surface area contributed by atoms with Crippen LogP contribution in [-0.2, 0) is 14.4 Å². The lowest BCUT2D eigenvalue weighted by molar-refractivity contribution is -0.121. The van der Waals surface area contributed by atoms with E-state index in [0.29, 0.717) is 10.6 Å². The summed E-state index contributed by atoms with van der Waals surface area (Å²) in [4.78, 5) is 37.1. The topological polar surface area (TPSA) is 87.3 Å². The number of allylic oxidation sites excluding steroid dienone is 2. The van der Waals surface area contributed by atoms with E-state index in [1.165, 1.54) is 12.2 Å². The van der Waals surface area contributed by atoms with Gasteiger partial charge in [0.1, 0.15) is 10.0 Å². The van der Waals surface area contributed by atoms with Crippen LogP contribution in [0.2, 0.25) is 10.0 Å². The van der Waals surface area contributed by atoms with Gasteiger partial charge >= 0.3 is 0 Å². The summed E-state index contributed by atoms with van der Waals surface area (Å²) in [6.45, 7) is 6.21. The van der Waals surface area contributed by atoms with Gasteiger partial charge in [-0.2, -0.15) is 0 Å². The van der Waals surface area contributed by atoms with Crippen molar-refractivity contribution in [1.29, 1.82) is 0 Å². The summed E-state index contributed by atoms with van der Waals surface area (Å²) in [7, 11) is 0. The van der Waals surface area contributed by atoms with Crippen LogP contribution in [-0.4, -0.2) is 22.1 Å². The molecule has 0 heterocycles. The van der Waals surface area contributed by atoms with Crippen molar-refractivity contribution < 1.29 is 23.2 Å². The van der Waals surface area contributed by atoms with Gasteiger partial charge in [0.15, 0.2) is 11.6 Å². The second-order valence-electron chi connectivity index (χ2n) is 8.45. The van der Waals surface area contributed by atoms with Gasteiger partial charge in [0.2, 0.25) is 11.8 Å². The number of anilines is 2. The van der Waals surface area contributed by atoms with E-state index in [2.05, 4.69) is 17.2 Å². The Bertz CT molecular complexity index is 1420. The predicted octanol–water partition coefficient (Wildman–Crippen LogP) is 7.45. The van der Waals surface area contributed by atoms with Gasteiger partial charge < -0.3 is 16.0 Å². The van der Waals surface area contributed by atoms with Gasteiger partial charge in [-0.15, -0.1) is 23.2 Å². The molecule has 0 radical (unpaired) electrons. The maximum Gasteiger partial charge on any atom is 0.257 e. The maximum atomic E-state index is 14.3. The summed E-state index contributed by atoms with van der Waals surface area (Å²) in [5.74, 6) is -5.74. The number of carbonyl (C=O) groups is 3. The molecule has 3 amide bonds. The van der Waals surface area contributed by atoms with Crippen LogP contribution in [0.3, 0.4) is 0 Å². The van der Waals surface area contributed by atoms with Crippen molar-refractivity contribution >= 4 is 87.1 Å². The van der Waals surface area contributed by atoms with Crippen molar-refractivity contribution in [2.75, 3.05) is 10.6 Å². The monoisotopic (exact) mass is 635 g/mol. The van der Waals surface area contributed by atoms with E-state index in [0.717, 1.165) is 19.1 Å². The van der Waals surface area contributed by atoms with Crippen LogP contribution in [0.1, 0.15) is 25.3 Å². The normalized spacial score (nSPS) is 18.3. The van der Waals surface area contributed by atoms with Crippen LogP contribution in [0.25, 0.3) is 0 Å². The number of amides is 3. The molecular weight excluding hydrogens is 618 g/mol. The van der Waals surface area contributed by atoms with Crippen LogP contribution in [0.5, 0.6) is 0 Å². The summed E-state index contributed by atoms with van der Waals surface area (Å²) in [6.07, 6.45) is 2.70. The molecule has 0 bridgehead atoms. The van der Waals surface area contributed by atoms with E-state index in [1.807, 2.05) is 5.32 Å². The summed E-state index contributed by atoms with van der Waals surface area (Å²) >= 11 is 30.8. The van der Waals surface area contributed by atoms with Crippen molar-refractivity contribution in [2.24, 2.45) is 5.92 Å². The third-order valence-corrected chi connectivity index (χ3v) is 7.54. The molecule has 3 N–H and O–H groups in total. The molecule has 1 aliphatic rings. The Balaban J connectivity index is 1.78. The minimum atomic E-state index is -1.42. The molecule has 0 spiro atoms. The highest BCUT2D eigenvalue weighted by atomic mass is 35.5. The third-order valence-electron chi connectivity index (χ3n) is 5.66. The van der Waals surface area contributed by atoms with E-state index >= 15 is 0 Å². The molecule has 0 aliphatic heterocycles. The minimum Gasteiger partial charge on any atom is -0.326 e. The molecule has 3 rings (SSSR count). The first-order valence-corrected chi connectivity index (χ1v) is 13.0. The lowest BCUT2D eigenvalue weighted by atomic mass is 10.1. The number of hydrogen-bond acceptors (Lipinski definition) is 3. The molecule has 39 heavy (non-hydrogen) atoms. The molecule has 1 saturated carbocycles. The van der Waals surface area contributed by atoms with E-state index in [1.54, 1.807) is 25.1 Å². The van der Waals surface area contributed by atoms with Crippen molar-refractivity contribution in [3.8, 4) is 0 Å². The number of carbonyl (C=O) groups excluding carboxylic acids is 3. The van der Waals surface area contributed by atoms with Gasteiger partial charge in [0, 0.05) is 29.3 Å². The zero-order chi connectivity index (χ0) is 29.2. The molecule has 206 valence electrons. The summed E-state index contributed by atoms with van der Waals surface area (Å²) in [5.41, 5.74) is -0.363. The third kappa shape index (κ3) is 7.13. The first-order valence-electron chi connectivity index (χ1n) is 11.1. The molecule has 6 nitrogen and oxygen atoms in total. The van der Waals surface area contributed by atoms with Gasteiger partial charge in [-0.3, -0.25) is 14.4 Å². The Kier molecular flexibility index (Phi) is 9.73. The minimum absolute atomic E-state index is 0.147. The average molecular weight is 638 g/mol. The van der Waals surface area contributed by atoms with Crippen molar-refractivity contribution in [1.82, 2.24) is 5.32 Å². The van der Waals surface area contributed by atoms with E-state index in [4.69, 9.17) is 58.0 Å². The number of halogens is 7. The second kappa shape index (κ2) is 12.3. The van der Waals surface area contributed by atoms with Gasteiger partial charge in [-0.05, 0) is 42.8 Å². The molecule has 1 aliphatic carbocycles. The highest BCUT2D eigenvalue weighted by Crippen LogP contribution is 2.65. The fraction of sp³-hybridized carbons (Fsp3) is 0.192. The average Bonchev–Trinajstić information content (AvgIpc) is 3.42. The standard InChI is InChI=1S/C26H20Cl5F2N3O3/c1-4-14(35-25(39)22-21(26(22,30)31)13-5-6-17(28)18(29)7-13)8-16(11(2)27)24(38)36-15-9-19(32)23(20(33)10-15)34-12(3)37/h4-10,21-22H,2H2,1,3H3,(H,34,37)(H,35,39)(H,36,38)/b14-4+,16-8+. The molecule has 2 aromatic carbocycles. The zero-order valence-electron chi connectivity index (χ0n) is 20.3. The van der Waals surface area contributed by atoms with Crippen molar-refractivity contribution in [3.63, 3.8) is 0 Å². The molecule has 2 atom stereocenters. The Morgan fingerprint density at radius 1 is 1.03 bits per heavy atom. The molecule has 0 saturated heterocycles. The first kappa shape index (κ1) is 30.9. The largest absolute Gasteiger partial charge is 0.326 e. The highest BCUT2D eigenvalue weighted by molar-refractivity contribution is 6.53. The van der Waals surface area contributed by atoms with Gasteiger partial charge in [0.25, 0.3) is 5.91 Å². The number of hydrogen-bond donors (Lipinski definition) is 3. The quantitative estimate of drug-likeness (QED) is 0.160. The van der Waals surface area contributed by atoms with Crippen molar-refractivity contribution in [2.45, 2.75) is 24.1 Å². The fourth-order valence-corrected chi connectivity index (χ4v) is 5.02. The second-order valence-corrected chi connectivity index (χ2v) is 11.2. The number of alkyl halides is 2. The zero-order valence-corrected chi connectivity index (χ0v) is 24.1. The fourth-order valence-electron chi connectivity index (χ4n) is 3.75. The first-order chi connectivity index (χ1) is 18.2. The highest BCUT2D eigenvalue weighted by Gasteiger charge is 2.67. The Labute approximate surface area is 248 Å². The van der Waals surface area contributed by atoms with Crippen LogP contribution in [0, 0.1) is 17.6 Å². The summed E-state index contributed by atoms with van der Waals surface area (Å²) in [5, 5.41) is 7.36. The smallest absolute Gasteiger partial charge is 0.257 e. The number of nitrogens with one attached hydrogen (secondary N) is 3. The van der Waals surface area contributed by atoms with Crippen LogP contribution >= 0.6 is 58.0 Å².